The van der Waals surface area contributed by atoms with E-state index < -0.39 is 0 Å². The van der Waals surface area contributed by atoms with Crippen molar-refractivity contribution in [3.8, 4) is 11.5 Å². The van der Waals surface area contributed by atoms with E-state index in [0.29, 0.717) is 22.1 Å². The first-order chi connectivity index (χ1) is 10.1. The van der Waals surface area contributed by atoms with Gasteiger partial charge in [-0.2, -0.15) is 0 Å². The fraction of sp³-hybridized carbons (Fsp3) is 0.118. The summed E-state index contributed by atoms with van der Waals surface area (Å²) < 4.78 is 10.3. The summed E-state index contributed by atoms with van der Waals surface area (Å²) in [6.07, 6.45) is 3.23. The molecule has 0 aromatic heterocycles. The lowest BCUT2D eigenvalue weighted by molar-refractivity contribution is 0.104. The minimum absolute atomic E-state index is 0.152. The number of hydrogen-bond donors (Lipinski definition) is 0. The Kier molecular flexibility index (Phi) is 5.01. The lowest BCUT2D eigenvalue weighted by Gasteiger charge is -2.07. The molecule has 0 saturated carbocycles. The van der Waals surface area contributed by atoms with Crippen LogP contribution in [0.4, 0.5) is 0 Å². The number of ether oxygens (including phenoxy) is 2. The molecule has 2 aromatic rings. The van der Waals surface area contributed by atoms with E-state index in [0.717, 1.165) is 5.56 Å². The minimum atomic E-state index is -0.152. The molecule has 0 saturated heterocycles. The molecule has 0 bridgehead atoms. The van der Waals surface area contributed by atoms with Gasteiger partial charge in [-0.3, -0.25) is 4.79 Å². The summed E-state index contributed by atoms with van der Waals surface area (Å²) in [6.45, 7) is 0. The Morgan fingerprint density at radius 2 is 1.76 bits per heavy atom. The van der Waals surface area contributed by atoms with Crippen LogP contribution in [0.2, 0.25) is 5.02 Å². The highest BCUT2D eigenvalue weighted by Gasteiger charge is 2.11. The Morgan fingerprint density at radius 3 is 2.38 bits per heavy atom. The molecule has 4 heteroatoms. The molecule has 0 radical (unpaired) electrons. The highest BCUT2D eigenvalue weighted by Crippen LogP contribution is 2.25. The predicted octanol–water partition coefficient (Wildman–Crippen LogP) is 4.25. The third-order valence-corrected chi connectivity index (χ3v) is 3.22. The fourth-order valence-electron chi connectivity index (χ4n) is 1.84. The van der Waals surface area contributed by atoms with E-state index >= 15 is 0 Å². The summed E-state index contributed by atoms with van der Waals surface area (Å²) in [6, 6.07) is 12.4. The van der Waals surface area contributed by atoms with Crippen LogP contribution in [0.25, 0.3) is 6.08 Å². The number of halogens is 1. The van der Waals surface area contributed by atoms with Crippen LogP contribution in [0.1, 0.15) is 15.9 Å². The first kappa shape index (κ1) is 15.1. The van der Waals surface area contributed by atoms with Crippen molar-refractivity contribution in [3.05, 3.63) is 64.7 Å². The second-order valence-electron chi connectivity index (χ2n) is 4.32. The molecule has 0 atom stereocenters. The number of benzene rings is 2. The molecule has 2 rings (SSSR count). The maximum absolute atomic E-state index is 12.3. The van der Waals surface area contributed by atoms with Gasteiger partial charge in [-0.25, -0.2) is 0 Å². The Bertz CT molecular complexity index is 660. The fourth-order valence-corrected chi connectivity index (χ4v) is 1.97. The summed E-state index contributed by atoms with van der Waals surface area (Å²) in [5.74, 6) is 0.973. The zero-order valence-corrected chi connectivity index (χ0v) is 12.6. The second-order valence-corrected chi connectivity index (χ2v) is 4.75. The number of hydrogen-bond acceptors (Lipinski definition) is 3. The normalized spacial score (nSPS) is 10.6. The van der Waals surface area contributed by atoms with Crippen LogP contribution in [-0.2, 0) is 0 Å². The third-order valence-electron chi connectivity index (χ3n) is 2.97. The zero-order chi connectivity index (χ0) is 15.2. The molecule has 0 fully saturated rings. The standard InChI is InChI=1S/C17H15ClO3/c1-20-14-8-10-17(21-2)15(11-14)16(19)9-5-12-3-6-13(18)7-4-12/h3-11H,1-2H3/b9-5+. The zero-order valence-electron chi connectivity index (χ0n) is 11.8. The minimum Gasteiger partial charge on any atom is -0.497 e. The highest BCUT2D eigenvalue weighted by atomic mass is 35.5. The molecule has 0 unspecified atom stereocenters. The first-order valence-corrected chi connectivity index (χ1v) is 6.72. The Hall–Kier alpha value is -2.26. The van der Waals surface area contributed by atoms with Crippen LogP contribution in [-0.4, -0.2) is 20.0 Å². The van der Waals surface area contributed by atoms with E-state index in [1.165, 1.54) is 13.2 Å². The van der Waals surface area contributed by atoms with E-state index in [1.54, 1.807) is 43.5 Å². The SMILES string of the molecule is COc1ccc(OC)c(C(=O)/C=C/c2ccc(Cl)cc2)c1. The van der Waals surface area contributed by atoms with Crippen LogP contribution < -0.4 is 9.47 Å². The van der Waals surface area contributed by atoms with Gasteiger partial charge in [-0.15, -0.1) is 0 Å². The smallest absolute Gasteiger partial charge is 0.189 e. The van der Waals surface area contributed by atoms with Gasteiger partial charge < -0.3 is 9.47 Å². The predicted molar refractivity (Wildman–Crippen MR) is 84.4 cm³/mol. The van der Waals surface area contributed by atoms with Crippen LogP contribution in [0.3, 0.4) is 0 Å². The van der Waals surface area contributed by atoms with Crippen LogP contribution in [0, 0.1) is 0 Å². The van der Waals surface area contributed by atoms with Crippen molar-refractivity contribution in [2.45, 2.75) is 0 Å². The maximum atomic E-state index is 12.3. The van der Waals surface area contributed by atoms with Gasteiger partial charge in [-0.1, -0.05) is 29.8 Å². The molecule has 0 aliphatic carbocycles. The first-order valence-electron chi connectivity index (χ1n) is 6.34. The van der Waals surface area contributed by atoms with Crippen LogP contribution >= 0.6 is 11.6 Å². The van der Waals surface area contributed by atoms with Crippen molar-refractivity contribution in [2.75, 3.05) is 14.2 Å². The largest absolute Gasteiger partial charge is 0.497 e. The quantitative estimate of drug-likeness (QED) is 0.612. The van der Waals surface area contributed by atoms with Gasteiger partial charge in [0.25, 0.3) is 0 Å². The van der Waals surface area contributed by atoms with E-state index in [-0.39, 0.29) is 5.78 Å². The number of allylic oxidation sites excluding steroid dienone is 1. The van der Waals surface area contributed by atoms with Crippen molar-refractivity contribution in [1.82, 2.24) is 0 Å². The topological polar surface area (TPSA) is 35.5 Å². The van der Waals surface area contributed by atoms with Gasteiger partial charge in [0.05, 0.1) is 19.8 Å². The molecular formula is C17H15ClO3. The van der Waals surface area contributed by atoms with Gasteiger partial charge in [0.1, 0.15) is 11.5 Å². The van der Waals surface area contributed by atoms with Gasteiger partial charge in [-0.05, 0) is 42.0 Å². The second kappa shape index (κ2) is 6.95. The van der Waals surface area contributed by atoms with Crippen molar-refractivity contribution >= 4 is 23.5 Å². The summed E-state index contributed by atoms with van der Waals surface area (Å²) in [5, 5.41) is 0.660. The van der Waals surface area contributed by atoms with E-state index in [4.69, 9.17) is 21.1 Å². The maximum Gasteiger partial charge on any atom is 0.189 e. The lowest BCUT2D eigenvalue weighted by Crippen LogP contribution is -1.99. The molecular weight excluding hydrogens is 288 g/mol. The summed E-state index contributed by atoms with van der Waals surface area (Å²) in [7, 11) is 3.08. The highest BCUT2D eigenvalue weighted by molar-refractivity contribution is 6.30. The summed E-state index contributed by atoms with van der Waals surface area (Å²) in [4.78, 5) is 12.3. The van der Waals surface area contributed by atoms with Crippen LogP contribution in [0.15, 0.2) is 48.5 Å². The lowest BCUT2D eigenvalue weighted by atomic mass is 10.1. The molecule has 0 spiro atoms. The van der Waals surface area contributed by atoms with Crippen molar-refractivity contribution < 1.29 is 14.3 Å². The van der Waals surface area contributed by atoms with Gasteiger partial charge >= 0.3 is 0 Å². The number of methoxy groups -OCH3 is 2. The third kappa shape index (κ3) is 3.86. The number of rotatable bonds is 5. The molecule has 3 nitrogen and oxygen atoms in total. The molecule has 0 heterocycles. The van der Waals surface area contributed by atoms with E-state index in [2.05, 4.69) is 0 Å². The number of carbonyl (C=O) groups is 1. The molecule has 0 amide bonds. The van der Waals surface area contributed by atoms with Gasteiger partial charge in [0.15, 0.2) is 5.78 Å². The molecule has 21 heavy (non-hydrogen) atoms. The van der Waals surface area contributed by atoms with Crippen LogP contribution in [0.5, 0.6) is 11.5 Å². The van der Waals surface area contributed by atoms with Crippen molar-refractivity contribution in [1.29, 1.82) is 0 Å². The average Bonchev–Trinajstić information content (AvgIpc) is 2.53. The molecule has 2 aromatic carbocycles. The monoisotopic (exact) mass is 302 g/mol. The summed E-state index contributed by atoms with van der Waals surface area (Å²) >= 11 is 5.82. The molecule has 0 N–H and O–H groups in total. The summed E-state index contributed by atoms with van der Waals surface area (Å²) in [5.41, 5.74) is 1.36. The number of carbonyl (C=O) groups excluding carboxylic acids is 1. The molecule has 0 aliphatic rings. The van der Waals surface area contributed by atoms with E-state index in [1.807, 2.05) is 12.1 Å². The number of ketones is 1. The van der Waals surface area contributed by atoms with Gasteiger partial charge in [0, 0.05) is 5.02 Å². The molecule has 0 aliphatic heterocycles. The Balaban J connectivity index is 2.25. The van der Waals surface area contributed by atoms with Gasteiger partial charge in [0.2, 0.25) is 0 Å². The van der Waals surface area contributed by atoms with E-state index in [9.17, 15) is 4.79 Å². The van der Waals surface area contributed by atoms with Crippen molar-refractivity contribution in [3.63, 3.8) is 0 Å². The average molecular weight is 303 g/mol. The van der Waals surface area contributed by atoms with Crippen molar-refractivity contribution in [2.24, 2.45) is 0 Å². The Morgan fingerprint density at radius 1 is 1.05 bits per heavy atom. The Labute approximate surface area is 128 Å². The molecule has 108 valence electrons.